The van der Waals surface area contributed by atoms with Crippen LogP contribution in [0.4, 0.5) is 0 Å². The van der Waals surface area contributed by atoms with E-state index >= 15 is 0 Å². The van der Waals surface area contributed by atoms with E-state index in [2.05, 4.69) is 17.6 Å². The molecular formula is C19H29ClN2O2. The quantitative estimate of drug-likeness (QED) is 0.824. The molecule has 1 amide bonds. The molecule has 1 aromatic carbocycles. The summed E-state index contributed by atoms with van der Waals surface area (Å²) >= 11 is 0. The van der Waals surface area contributed by atoms with Crippen molar-refractivity contribution in [3.8, 4) is 5.75 Å². The highest BCUT2D eigenvalue weighted by molar-refractivity contribution is 5.85. The molecule has 1 aromatic rings. The molecule has 24 heavy (non-hydrogen) atoms. The van der Waals surface area contributed by atoms with Crippen LogP contribution in [0.2, 0.25) is 0 Å². The smallest absolute Gasteiger partial charge is 0.237 e. The predicted octanol–water partition coefficient (Wildman–Crippen LogP) is 3.43. The molecule has 1 aliphatic carbocycles. The highest BCUT2D eigenvalue weighted by Gasteiger charge is 2.37. The molecule has 0 radical (unpaired) electrons. The topological polar surface area (TPSA) is 50.4 Å². The Kier molecular flexibility index (Phi) is 7.38. The summed E-state index contributed by atoms with van der Waals surface area (Å²) < 4.78 is 5.57. The number of ether oxygens (including phenoxy) is 1. The van der Waals surface area contributed by atoms with E-state index in [1.165, 1.54) is 25.7 Å². The van der Waals surface area contributed by atoms with Crippen molar-refractivity contribution in [1.82, 2.24) is 10.6 Å². The zero-order chi connectivity index (χ0) is 16.1. The summed E-state index contributed by atoms with van der Waals surface area (Å²) in [4.78, 5) is 12.4. The van der Waals surface area contributed by atoms with Gasteiger partial charge in [-0.1, -0.05) is 31.9 Å². The Balaban J connectivity index is 0.00000208. The molecule has 2 N–H and O–H groups in total. The lowest BCUT2D eigenvalue weighted by atomic mass is 9.85. The minimum Gasteiger partial charge on any atom is -0.494 e. The summed E-state index contributed by atoms with van der Waals surface area (Å²) in [6, 6.07) is 8.55. The monoisotopic (exact) mass is 352 g/mol. The van der Waals surface area contributed by atoms with Gasteiger partial charge < -0.3 is 15.4 Å². The fraction of sp³-hybridized carbons (Fsp3) is 0.632. The Morgan fingerprint density at radius 1 is 1.25 bits per heavy atom. The molecule has 2 aliphatic rings. The van der Waals surface area contributed by atoms with E-state index in [0.29, 0.717) is 18.5 Å². The van der Waals surface area contributed by atoms with Crippen LogP contribution in [0.25, 0.3) is 0 Å². The van der Waals surface area contributed by atoms with Gasteiger partial charge in [-0.3, -0.25) is 4.79 Å². The van der Waals surface area contributed by atoms with E-state index in [9.17, 15) is 4.79 Å². The van der Waals surface area contributed by atoms with Crippen LogP contribution in [0.1, 0.15) is 51.0 Å². The molecule has 3 unspecified atom stereocenters. The highest BCUT2D eigenvalue weighted by Crippen LogP contribution is 2.33. The van der Waals surface area contributed by atoms with Crippen LogP contribution in [-0.4, -0.2) is 24.6 Å². The van der Waals surface area contributed by atoms with Gasteiger partial charge in [0.05, 0.1) is 12.6 Å². The Morgan fingerprint density at radius 2 is 2.00 bits per heavy atom. The number of benzene rings is 1. The minimum atomic E-state index is -0.00439. The summed E-state index contributed by atoms with van der Waals surface area (Å²) in [5, 5.41) is 6.60. The van der Waals surface area contributed by atoms with E-state index in [1.54, 1.807) is 0 Å². The molecule has 1 saturated heterocycles. The fourth-order valence-electron chi connectivity index (χ4n) is 3.76. The number of halogens is 1. The lowest BCUT2D eigenvalue weighted by molar-refractivity contribution is -0.123. The fourth-order valence-corrected chi connectivity index (χ4v) is 3.76. The number of carbonyl (C=O) groups is 1. The van der Waals surface area contributed by atoms with Crippen LogP contribution in [0.5, 0.6) is 5.75 Å². The molecule has 4 nitrogen and oxygen atoms in total. The zero-order valence-electron chi connectivity index (χ0n) is 14.4. The number of fused-ring (bicyclic) bond motifs is 1. The number of nitrogens with one attached hydrogen (secondary N) is 2. The van der Waals surface area contributed by atoms with Crippen molar-refractivity contribution in [2.75, 3.05) is 6.61 Å². The number of amides is 1. The van der Waals surface area contributed by atoms with Crippen molar-refractivity contribution < 1.29 is 9.53 Å². The van der Waals surface area contributed by atoms with E-state index in [4.69, 9.17) is 4.74 Å². The number of carbonyl (C=O) groups excluding carboxylic acids is 1. The van der Waals surface area contributed by atoms with Crippen molar-refractivity contribution in [3.63, 3.8) is 0 Å². The number of rotatable bonds is 6. The second-order valence-corrected chi connectivity index (χ2v) is 6.82. The standard InChI is InChI=1S/C19H28N2O2.ClH/c1-2-11-23-16-9-7-14(8-10-16)13-20-19(22)18-12-15-5-3-4-6-17(15)21-18;/h7-10,15,17-18,21H,2-6,11-13H2,1H3,(H,20,22);1H. The third kappa shape index (κ3) is 4.87. The Bertz CT molecular complexity index is 507. The lowest BCUT2D eigenvalue weighted by Crippen LogP contribution is -2.42. The van der Waals surface area contributed by atoms with Crippen molar-refractivity contribution in [3.05, 3.63) is 29.8 Å². The maximum Gasteiger partial charge on any atom is 0.237 e. The SMILES string of the molecule is CCCOc1ccc(CNC(=O)C2CC3CCCCC3N2)cc1.Cl. The molecule has 134 valence electrons. The normalized spacial score (nSPS) is 25.5. The predicted molar refractivity (Wildman–Crippen MR) is 98.6 cm³/mol. The average Bonchev–Trinajstić information content (AvgIpc) is 3.03. The van der Waals surface area contributed by atoms with Crippen LogP contribution in [0.3, 0.4) is 0 Å². The average molecular weight is 353 g/mol. The summed E-state index contributed by atoms with van der Waals surface area (Å²) in [5.41, 5.74) is 1.11. The van der Waals surface area contributed by atoms with Gasteiger partial charge in [-0.15, -0.1) is 12.4 Å². The Labute approximate surface area is 151 Å². The van der Waals surface area contributed by atoms with Crippen LogP contribution < -0.4 is 15.4 Å². The maximum atomic E-state index is 12.4. The van der Waals surface area contributed by atoms with Gasteiger partial charge in [-0.05, 0) is 49.3 Å². The summed E-state index contributed by atoms with van der Waals surface area (Å²) in [7, 11) is 0. The molecule has 3 atom stereocenters. The van der Waals surface area contributed by atoms with E-state index in [0.717, 1.165) is 30.8 Å². The zero-order valence-corrected chi connectivity index (χ0v) is 15.2. The molecule has 1 heterocycles. The summed E-state index contributed by atoms with van der Waals surface area (Å²) in [6.45, 7) is 3.42. The Morgan fingerprint density at radius 3 is 2.71 bits per heavy atom. The Hall–Kier alpha value is -1.26. The number of hydrogen-bond donors (Lipinski definition) is 2. The number of hydrogen-bond acceptors (Lipinski definition) is 3. The first-order valence-corrected chi connectivity index (χ1v) is 9.01. The summed E-state index contributed by atoms with van der Waals surface area (Å²) in [6.07, 6.45) is 7.14. The third-order valence-corrected chi connectivity index (χ3v) is 5.04. The van der Waals surface area contributed by atoms with Crippen LogP contribution in [0, 0.1) is 5.92 Å². The first kappa shape index (κ1) is 19.1. The van der Waals surface area contributed by atoms with Gasteiger partial charge in [0.2, 0.25) is 5.91 Å². The molecule has 5 heteroatoms. The van der Waals surface area contributed by atoms with Crippen molar-refractivity contribution in [2.24, 2.45) is 5.92 Å². The molecule has 3 rings (SSSR count). The first-order chi connectivity index (χ1) is 11.3. The van der Waals surface area contributed by atoms with Gasteiger partial charge in [0.25, 0.3) is 0 Å². The highest BCUT2D eigenvalue weighted by atomic mass is 35.5. The largest absolute Gasteiger partial charge is 0.494 e. The molecular weight excluding hydrogens is 324 g/mol. The van der Waals surface area contributed by atoms with Gasteiger partial charge in [0, 0.05) is 12.6 Å². The molecule has 2 fully saturated rings. The second-order valence-electron chi connectivity index (χ2n) is 6.82. The lowest BCUT2D eigenvalue weighted by Gasteiger charge is -2.24. The van der Waals surface area contributed by atoms with Gasteiger partial charge >= 0.3 is 0 Å². The van der Waals surface area contributed by atoms with E-state index < -0.39 is 0 Å². The van der Waals surface area contributed by atoms with Crippen molar-refractivity contribution in [2.45, 2.75) is 64.1 Å². The third-order valence-electron chi connectivity index (χ3n) is 5.04. The second kappa shape index (κ2) is 9.28. The van der Waals surface area contributed by atoms with Gasteiger partial charge in [-0.2, -0.15) is 0 Å². The van der Waals surface area contributed by atoms with Gasteiger partial charge in [-0.25, -0.2) is 0 Å². The van der Waals surface area contributed by atoms with E-state index in [1.807, 2.05) is 24.3 Å². The first-order valence-electron chi connectivity index (χ1n) is 9.01. The minimum absolute atomic E-state index is 0. The van der Waals surface area contributed by atoms with Gasteiger partial charge in [0.1, 0.15) is 5.75 Å². The molecule has 1 aliphatic heterocycles. The molecule has 0 bridgehead atoms. The maximum absolute atomic E-state index is 12.4. The van der Waals surface area contributed by atoms with Crippen LogP contribution in [-0.2, 0) is 11.3 Å². The van der Waals surface area contributed by atoms with Crippen molar-refractivity contribution >= 4 is 18.3 Å². The van der Waals surface area contributed by atoms with Crippen LogP contribution >= 0.6 is 12.4 Å². The molecule has 0 aromatic heterocycles. The van der Waals surface area contributed by atoms with Gasteiger partial charge in [0.15, 0.2) is 0 Å². The van der Waals surface area contributed by atoms with Crippen molar-refractivity contribution in [1.29, 1.82) is 0 Å². The molecule has 1 saturated carbocycles. The molecule has 0 spiro atoms. The van der Waals surface area contributed by atoms with Crippen LogP contribution in [0.15, 0.2) is 24.3 Å². The van der Waals surface area contributed by atoms with E-state index in [-0.39, 0.29) is 24.4 Å². The summed E-state index contributed by atoms with van der Waals surface area (Å²) in [5.74, 6) is 1.74.